The lowest BCUT2D eigenvalue weighted by Gasteiger charge is -2.29. The molecule has 0 unspecified atom stereocenters. The van der Waals surface area contributed by atoms with E-state index in [0.29, 0.717) is 11.5 Å². The quantitative estimate of drug-likeness (QED) is 0.878. The lowest BCUT2D eigenvalue weighted by molar-refractivity contribution is 0.182. The molecule has 2 fully saturated rings. The Morgan fingerprint density at radius 3 is 2.79 bits per heavy atom. The Bertz CT molecular complexity index is 661. The van der Waals surface area contributed by atoms with Crippen molar-refractivity contribution in [2.45, 2.75) is 51.9 Å². The molecule has 1 atom stereocenters. The van der Waals surface area contributed by atoms with Crippen molar-refractivity contribution in [3.8, 4) is 0 Å². The third kappa shape index (κ3) is 3.08. The van der Waals surface area contributed by atoms with Gasteiger partial charge in [0, 0.05) is 49.5 Å². The highest BCUT2D eigenvalue weighted by atomic mass is 15.2. The van der Waals surface area contributed by atoms with E-state index in [-0.39, 0.29) is 0 Å². The van der Waals surface area contributed by atoms with Gasteiger partial charge in [0.2, 0.25) is 0 Å². The molecule has 1 saturated heterocycles. The van der Waals surface area contributed by atoms with Crippen molar-refractivity contribution >= 4 is 0 Å². The van der Waals surface area contributed by atoms with Gasteiger partial charge >= 0.3 is 0 Å². The van der Waals surface area contributed by atoms with E-state index < -0.39 is 0 Å². The second-order valence-corrected chi connectivity index (χ2v) is 7.11. The van der Waals surface area contributed by atoms with Gasteiger partial charge in [-0.15, -0.1) is 0 Å². The molecule has 3 heterocycles. The third-order valence-electron chi connectivity index (χ3n) is 5.67. The zero-order valence-corrected chi connectivity index (χ0v) is 14.4. The first kappa shape index (κ1) is 15.7. The first-order valence-corrected chi connectivity index (χ1v) is 8.99. The van der Waals surface area contributed by atoms with E-state index in [2.05, 4.69) is 42.9 Å². The van der Waals surface area contributed by atoms with Gasteiger partial charge in [-0.05, 0) is 44.7 Å². The summed E-state index contributed by atoms with van der Waals surface area (Å²) in [4.78, 5) is 15.6. The molecule has 1 aliphatic carbocycles. The van der Waals surface area contributed by atoms with Gasteiger partial charge in [-0.3, -0.25) is 4.90 Å². The fraction of sp³-hybridized carbons (Fsp3) is 0.611. The van der Waals surface area contributed by atoms with Crippen LogP contribution in [0, 0.1) is 5.41 Å². The van der Waals surface area contributed by atoms with Crippen molar-refractivity contribution in [1.82, 2.24) is 29.7 Å². The molecule has 1 aliphatic heterocycles. The molecule has 2 aliphatic rings. The Labute approximate surface area is 143 Å². The van der Waals surface area contributed by atoms with E-state index in [9.17, 15) is 0 Å². The van der Waals surface area contributed by atoms with Gasteiger partial charge in [-0.2, -0.15) is 0 Å². The number of hydrogen-bond acceptors (Lipinski definition) is 5. The minimum atomic E-state index is 0.518. The molecule has 0 bridgehead atoms. The zero-order chi connectivity index (χ0) is 16.4. The van der Waals surface area contributed by atoms with E-state index >= 15 is 0 Å². The van der Waals surface area contributed by atoms with Crippen LogP contribution in [0.3, 0.4) is 0 Å². The standard InChI is InChI=1S/C18H26N6/c1-2-23-8-7-22-17(23)13-24(12-15-10-20-14-21-11-15)16-9-18(16)3-5-19-6-4-18/h7-8,10-11,14,16,19H,2-6,9,12-13H2,1H3/t16-/m1/s1. The van der Waals surface area contributed by atoms with Crippen molar-refractivity contribution < 1.29 is 0 Å². The average Bonchev–Trinajstić information content (AvgIpc) is 3.11. The largest absolute Gasteiger partial charge is 0.334 e. The molecule has 24 heavy (non-hydrogen) atoms. The Hall–Kier alpha value is -1.79. The van der Waals surface area contributed by atoms with Gasteiger partial charge in [-0.1, -0.05) is 0 Å². The summed E-state index contributed by atoms with van der Waals surface area (Å²) < 4.78 is 2.24. The molecule has 1 saturated carbocycles. The van der Waals surface area contributed by atoms with Crippen LogP contribution in [0.15, 0.2) is 31.1 Å². The predicted octanol–water partition coefficient (Wildman–Crippen LogP) is 1.84. The first-order valence-electron chi connectivity index (χ1n) is 8.99. The van der Waals surface area contributed by atoms with Crippen LogP contribution in [-0.2, 0) is 19.6 Å². The molecule has 1 N–H and O–H groups in total. The van der Waals surface area contributed by atoms with Gasteiger partial charge in [0.25, 0.3) is 0 Å². The molecule has 0 amide bonds. The van der Waals surface area contributed by atoms with Crippen LogP contribution >= 0.6 is 0 Å². The van der Waals surface area contributed by atoms with Crippen LogP contribution in [0.4, 0.5) is 0 Å². The second kappa shape index (κ2) is 6.61. The summed E-state index contributed by atoms with van der Waals surface area (Å²) in [5.41, 5.74) is 1.70. The molecule has 128 valence electrons. The van der Waals surface area contributed by atoms with Crippen molar-refractivity contribution in [3.63, 3.8) is 0 Å². The maximum absolute atomic E-state index is 4.59. The fourth-order valence-corrected chi connectivity index (χ4v) is 4.19. The second-order valence-electron chi connectivity index (χ2n) is 7.11. The van der Waals surface area contributed by atoms with Crippen LogP contribution in [0.2, 0.25) is 0 Å². The summed E-state index contributed by atoms with van der Waals surface area (Å²) in [5, 5.41) is 3.50. The Kier molecular flexibility index (Phi) is 4.33. The van der Waals surface area contributed by atoms with Crippen LogP contribution in [0.25, 0.3) is 0 Å². The SMILES string of the molecule is CCn1ccnc1CN(Cc1cncnc1)[C@@H]1CC12CCNCC2. The molecule has 0 aromatic carbocycles. The maximum atomic E-state index is 4.59. The van der Waals surface area contributed by atoms with Gasteiger partial charge < -0.3 is 9.88 Å². The van der Waals surface area contributed by atoms with Gasteiger partial charge in [0.1, 0.15) is 12.2 Å². The minimum Gasteiger partial charge on any atom is -0.334 e. The normalized spacial score (nSPS) is 22.2. The van der Waals surface area contributed by atoms with Crippen molar-refractivity contribution in [1.29, 1.82) is 0 Å². The van der Waals surface area contributed by atoms with E-state index in [4.69, 9.17) is 0 Å². The van der Waals surface area contributed by atoms with E-state index in [1.165, 1.54) is 24.8 Å². The molecule has 4 rings (SSSR count). The summed E-state index contributed by atoms with van der Waals surface area (Å²) in [6.45, 7) is 7.25. The smallest absolute Gasteiger partial charge is 0.122 e. The minimum absolute atomic E-state index is 0.518. The number of hydrogen-bond donors (Lipinski definition) is 1. The maximum Gasteiger partial charge on any atom is 0.122 e. The van der Waals surface area contributed by atoms with Crippen LogP contribution in [0.1, 0.15) is 37.6 Å². The highest BCUT2D eigenvalue weighted by Crippen LogP contribution is 2.56. The number of piperidine rings is 1. The van der Waals surface area contributed by atoms with Crippen LogP contribution in [0.5, 0.6) is 0 Å². The highest BCUT2D eigenvalue weighted by Gasteiger charge is 2.56. The zero-order valence-electron chi connectivity index (χ0n) is 14.4. The summed E-state index contributed by atoms with van der Waals surface area (Å²) in [5.74, 6) is 1.16. The summed E-state index contributed by atoms with van der Waals surface area (Å²) in [6, 6.07) is 0.654. The van der Waals surface area contributed by atoms with Crippen molar-refractivity contribution in [2.75, 3.05) is 13.1 Å². The van der Waals surface area contributed by atoms with Gasteiger partial charge in [-0.25, -0.2) is 15.0 Å². The monoisotopic (exact) mass is 326 g/mol. The number of rotatable bonds is 6. The van der Waals surface area contributed by atoms with Gasteiger partial charge in [0.15, 0.2) is 0 Å². The Morgan fingerprint density at radius 1 is 1.25 bits per heavy atom. The van der Waals surface area contributed by atoms with Gasteiger partial charge in [0.05, 0.1) is 6.54 Å². The molecule has 0 radical (unpaired) electrons. The van der Waals surface area contributed by atoms with E-state index in [0.717, 1.165) is 38.5 Å². The van der Waals surface area contributed by atoms with E-state index in [1.54, 1.807) is 6.33 Å². The van der Waals surface area contributed by atoms with Crippen molar-refractivity contribution in [2.24, 2.45) is 5.41 Å². The molecule has 6 heteroatoms. The molecule has 1 spiro atoms. The molecule has 2 aromatic heterocycles. The van der Waals surface area contributed by atoms with Crippen LogP contribution in [-0.4, -0.2) is 43.6 Å². The number of nitrogens with zero attached hydrogens (tertiary/aromatic N) is 5. The first-order chi connectivity index (χ1) is 11.8. The molecule has 2 aromatic rings. The number of aromatic nitrogens is 4. The lowest BCUT2D eigenvalue weighted by Crippen LogP contribution is -2.36. The fourth-order valence-electron chi connectivity index (χ4n) is 4.19. The number of imidazole rings is 1. The third-order valence-corrected chi connectivity index (χ3v) is 5.67. The molecular formula is C18H26N6. The topological polar surface area (TPSA) is 58.9 Å². The molecular weight excluding hydrogens is 300 g/mol. The summed E-state index contributed by atoms with van der Waals surface area (Å²) >= 11 is 0. The highest BCUT2D eigenvalue weighted by molar-refractivity contribution is 5.13. The average molecular weight is 326 g/mol. The summed E-state index contributed by atoms with van der Waals surface area (Å²) in [6.07, 6.45) is 13.4. The van der Waals surface area contributed by atoms with Crippen LogP contribution < -0.4 is 5.32 Å². The Balaban J connectivity index is 1.53. The molecule has 6 nitrogen and oxygen atoms in total. The van der Waals surface area contributed by atoms with Crippen molar-refractivity contribution in [3.05, 3.63) is 42.5 Å². The van der Waals surface area contributed by atoms with E-state index in [1.807, 2.05) is 18.6 Å². The lowest BCUT2D eigenvalue weighted by atomic mass is 9.93. The number of aryl methyl sites for hydroxylation is 1. The Morgan fingerprint density at radius 2 is 2.04 bits per heavy atom. The predicted molar refractivity (Wildman–Crippen MR) is 92.1 cm³/mol. The summed E-state index contributed by atoms with van der Waals surface area (Å²) in [7, 11) is 0. The number of nitrogens with one attached hydrogen (secondary N) is 1.